The van der Waals surface area contributed by atoms with Gasteiger partial charge in [0, 0.05) is 18.9 Å². The maximum Gasteiger partial charge on any atom is 0.225 e. The van der Waals surface area contributed by atoms with Gasteiger partial charge in [-0.25, -0.2) is 0 Å². The van der Waals surface area contributed by atoms with E-state index in [4.69, 9.17) is 4.74 Å². The van der Waals surface area contributed by atoms with Crippen LogP contribution in [0.15, 0.2) is 24.3 Å². The molecule has 1 saturated carbocycles. The van der Waals surface area contributed by atoms with Crippen molar-refractivity contribution in [2.75, 3.05) is 13.1 Å². The fourth-order valence-electron chi connectivity index (χ4n) is 3.29. The van der Waals surface area contributed by atoms with Crippen molar-refractivity contribution in [2.24, 2.45) is 5.92 Å². The number of carbonyl (C=O) groups is 2. The summed E-state index contributed by atoms with van der Waals surface area (Å²) in [6.07, 6.45) is 3.18. The molecular formula is C16H17NO3. The fourth-order valence-corrected chi connectivity index (χ4v) is 3.29. The first-order valence-electron chi connectivity index (χ1n) is 7.27. The number of ether oxygens (including phenoxy) is 1. The lowest BCUT2D eigenvalue weighted by molar-refractivity contribution is -0.132. The van der Waals surface area contributed by atoms with Crippen LogP contribution in [0.5, 0.6) is 5.75 Å². The Kier molecular flexibility index (Phi) is 2.43. The van der Waals surface area contributed by atoms with Crippen LogP contribution >= 0.6 is 0 Å². The van der Waals surface area contributed by atoms with E-state index in [1.165, 1.54) is 0 Å². The van der Waals surface area contributed by atoms with Crippen molar-refractivity contribution in [3.8, 4) is 5.75 Å². The largest absolute Gasteiger partial charge is 0.484 e. The molecule has 1 spiro atoms. The molecule has 4 nitrogen and oxygen atoms in total. The monoisotopic (exact) mass is 271 g/mol. The third-order valence-corrected chi connectivity index (χ3v) is 4.55. The molecule has 2 fully saturated rings. The van der Waals surface area contributed by atoms with E-state index in [-0.39, 0.29) is 17.6 Å². The molecule has 0 aromatic heterocycles. The molecule has 1 atom stereocenters. The molecule has 4 heteroatoms. The Morgan fingerprint density at radius 1 is 1.30 bits per heavy atom. The van der Waals surface area contributed by atoms with Crippen molar-refractivity contribution in [3.63, 3.8) is 0 Å². The van der Waals surface area contributed by atoms with Gasteiger partial charge in [-0.2, -0.15) is 0 Å². The molecule has 0 radical (unpaired) electrons. The summed E-state index contributed by atoms with van der Waals surface area (Å²) >= 11 is 0. The maximum atomic E-state index is 12.3. The van der Waals surface area contributed by atoms with Gasteiger partial charge in [-0.15, -0.1) is 0 Å². The van der Waals surface area contributed by atoms with Gasteiger partial charge in [0.25, 0.3) is 0 Å². The highest BCUT2D eigenvalue weighted by Crippen LogP contribution is 2.40. The SMILES string of the molecule is O=C1CC2(CCN(C(=O)C3CC3)C2)Oc2ccccc21. The second-order valence-electron chi connectivity index (χ2n) is 6.17. The zero-order chi connectivity index (χ0) is 13.7. The van der Waals surface area contributed by atoms with E-state index in [0.717, 1.165) is 19.3 Å². The standard InChI is InChI=1S/C16H17NO3/c18-13-9-16(20-14-4-2-1-3-12(13)14)7-8-17(10-16)15(19)11-5-6-11/h1-4,11H,5-10H2. The first kappa shape index (κ1) is 11.9. The molecule has 0 bridgehead atoms. The number of nitrogens with zero attached hydrogens (tertiary/aromatic N) is 1. The van der Waals surface area contributed by atoms with Gasteiger partial charge in [-0.3, -0.25) is 9.59 Å². The van der Waals surface area contributed by atoms with E-state index < -0.39 is 5.60 Å². The average molecular weight is 271 g/mol. The average Bonchev–Trinajstić information content (AvgIpc) is 3.22. The molecular weight excluding hydrogens is 254 g/mol. The summed E-state index contributed by atoms with van der Waals surface area (Å²) in [5.74, 6) is 1.28. The molecule has 0 N–H and O–H groups in total. The summed E-state index contributed by atoms with van der Waals surface area (Å²) < 4.78 is 6.12. The van der Waals surface area contributed by atoms with Gasteiger partial charge in [0.05, 0.1) is 18.5 Å². The Hall–Kier alpha value is -1.84. The summed E-state index contributed by atoms with van der Waals surface area (Å²) in [4.78, 5) is 26.3. The van der Waals surface area contributed by atoms with Gasteiger partial charge in [0.1, 0.15) is 11.4 Å². The van der Waals surface area contributed by atoms with Crippen molar-refractivity contribution < 1.29 is 14.3 Å². The number of likely N-dealkylation sites (tertiary alicyclic amines) is 1. The molecule has 2 aliphatic heterocycles. The molecule has 1 saturated heterocycles. The van der Waals surface area contributed by atoms with Crippen molar-refractivity contribution in [1.29, 1.82) is 0 Å². The summed E-state index contributed by atoms with van der Waals surface area (Å²) in [5.41, 5.74) is 0.181. The highest BCUT2D eigenvalue weighted by atomic mass is 16.5. The Balaban J connectivity index is 1.58. The first-order valence-corrected chi connectivity index (χ1v) is 7.27. The summed E-state index contributed by atoms with van der Waals surface area (Å²) in [7, 11) is 0. The number of amides is 1. The minimum atomic E-state index is -0.490. The summed E-state index contributed by atoms with van der Waals surface area (Å²) in [6.45, 7) is 1.27. The van der Waals surface area contributed by atoms with Crippen LogP contribution in [0, 0.1) is 5.92 Å². The van der Waals surface area contributed by atoms with E-state index in [0.29, 0.717) is 30.8 Å². The predicted octanol–water partition coefficient (Wildman–Crippen LogP) is 2.03. The Bertz CT molecular complexity index is 593. The highest BCUT2D eigenvalue weighted by Gasteiger charge is 2.48. The number of hydrogen-bond acceptors (Lipinski definition) is 3. The summed E-state index contributed by atoms with van der Waals surface area (Å²) in [6, 6.07) is 7.40. The second kappa shape index (κ2) is 4.08. The number of benzene rings is 1. The van der Waals surface area contributed by atoms with Gasteiger partial charge in [0.15, 0.2) is 5.78 Å². The van der Waals surface area contributed by atoms with Crippen LogP contribution in [0.2, 0.25) is 0 Å². The lowest BCUT2D eigenvalue weighted by atomic mass is 9.89. The van der Waals surface area contributed by atoms with Gasteiger partial charge in [-0.1, -0.05) is 12.1 Å². The number of rotatable bonds is 1. The Labute approximate surface area is 117 Å². The number of Topliss-reactive ketones (excluding diaryl/α,β-unsaturated/α-hetero) is 1. The van der Waals surface area contributed by atoms with E-state index in [9.17, 15) is 9.59 Å². The Morgan fingerprint density at radius 3 is 2.90 bits per heavy atom. The minimum absolute atomic E-state index is 0.132. The molecule has 3 aliphatic rings. The smallest absolute Gasteiger partial charge is 0.225 e. The molecule has 1 aromatic rings. The topological polar surface area (TPSA) is 46.6 Å². The van der Waals surface area contributed by atoms with Crippen LogP contribution in [0.4, 0.5) is 0 Å². The van der Waals surface area contributed by atoms with Crippen molar-refractivity contribution in [2.45, 2.75) is 31.3 Å². The van der Waals surface area contributed by atoms with Crippen molar-refractivity contribution >= 4 is 11.7 Å². The van der Waals surface area contributed by atoms with Gasteiger partial charge < -0.3 is 9.64 Å². The van der Waals surface area contributed by atoms with Crippen LogP contribution in [0.3, 0.4) is 0 Å². The van der Waals surface area contributed by atoms with E-state index in [1.54, 1.807) is 0 Å². The zero-order valence-corrected chi connectivity index (χ0v) is 11.3. The van der Waals surface area contributed by atoms with Crippen LogP contribution in [0.1, 0.15) is 36.0 Å². The lowest BCUT2D eigenvalue weighted by Crippen LogP contribution is -2.45. The van der Waals surface area contributed by atoms with Crippen LogP contribution in [0.25, 0.3) is 0 Å². The molecule has 104 valence electrons. The lowest BCUT2D eigenvalue weighted by Gasteiger charge is -2.34. The van der Waals surface area contributed by atoms with Gasteiger partial charge in [-0.05, 0) is 25.0 Å². The number of ketones is 1. The molecule has 1 aromatic carbocycles. The van der Waals surface area contributed by atoms with E-state index in [1.807, 2.05) is 29.2 Å². The quantitative estimate of drug-likeness (QED) is 0.785. The van der Waals surface area contributed by atoms with Gasteiger partial charge in [0.2, 0.25) is 5.91 Å². The Morgan fingerprint density at radius 2 is 2.10 bits per heavy atom. The van der Waals surface area contributed by atoms with Crippen LogP contribution in [-0.2, 0) is 4.79 Å². The second-order valence-corrected chi connectivity index (χ2v) is 6.17. The maximum absolute atomic E-state index is 12.3. The van der Waals surface area contributed by atoms with E-state index >= 15 is 0 Å². The molecule has 4 rings (SSSR count). The molecule has 20 heavy (non-hydrogen) atoms. The van der Waals surface area contributed by atoms with Crippen molar-refractivity contribution in [1.82, 2.24) is 4.90 Å². The van der Waals surface area contributed by atoms with E-state index in [2.05, 4.69) is 0 Å². The predicted molar refractivity (Wildman–Crippen MR) is 72.7 cm³/mol. The first-order chi connectivity index (χ1) is 9.67. The third-order valence-electron chi connectivity index (χ3n) is 4.55. The highest BCUT2D eigenvalue weighted by molar-refractivity contribution is 6.00. The summed E-state index contributed by atoms with van der Waals surface area (Å²) in [5, 5.41) is 0. The number of carbonyl (C=O) groups excluding carboxylic acids is 2. The van der Waals surface area contributed by atoms with Gasteiger partial charge >= 0.3 is 0 Å². The zero-order valence-electron chi connectivity index (χ0n) is 11.3. The molecule has 1 unspecified atom stereocenters. The normalized spacial score (nSPS) is 28.4. The van der Waals surface area contributed by atoms with Crippen molar-refractivity contribution in [3.05, 3.63) is 29.8 Å². The molecule has 1 aliphatic carbocycles. The molecule has 2 heterocycles. The number of fused-ring (bicyclic) bond motifs is 1. The number of hydrogen-bond donors (Lipinski definition) is 0. The number of para-hydroxylation sites is 1. The molecule has 1 amide bonds. The third kappa shape index (κ3) is 1.82. The van der Waals surface area contributed by atoms with Crippen LogP contribution in [-0.4, -0.2) is 35.3 Å². The van der Waals surface area contributed by atoms with Crippen LogP contribution < -0.4 is 4.74 Å². The fraction of sp³-hybridized carbons (Fsp3) is 0.500. The minimum Gasteiger partial charge on any atom is -0.484 e.